The third kappa shape index (κ3) is 4.51. The van der Waals surface area contributed by atoms with Crippen molar-refractivity contribution in [2.45, 2.75) is 45.0 Å². The fraction of sp³-hybridized carbons (Fsp3) is 0.688. The third-order valence-electron chi connectivity index (χ3n) is 3.49. The Kier molecular flexibility index (Phi) is 5.58. The van der Waals surface area contributed by atoms with Crippen molar-refractivity contribution in [2.24, 2.45) is 4.99 Å². The van der Waals surface area contributed by atoms with E-state index in [1.165, 1.54) is 0 Å². The summed E-state index contributed by atoms with van der Waals surface area (Å²) in [4.78, 5) is 8.64. The third-order valence-corrected chi connectivity index (χ3v) is 4.58. The molecule has 0 radical (unpaired) electrons. The highest BCUT2D eigenvalue weighted by atomic mass is 32.2. The topological polar surface area (TPSA) is 37.3 Å². The summed E-state index contributed by atoms with van der Waals surface area (Å²) in [6.07, 6.45) is 3.99. The van der Waals surface area contributed by atoms with Crippen LogP contribution >= 0.6 is 11.8 Å². The van der Waals surface area contributed by atoms with Crippen molar-refractivity contribution in [1.29, 1.82) is 0 Å². The van der Waals surface area contributed by atoms with Gasteiger partial charge < -0.3 is 19.3 Å². The van der Waals surface area contributed by atoms with Crippen LogP contribution in [0.3, 0.4) is 0 Å². The minimum absolute atomic E-state index is 0.0282. The number of likely N-dealkylation sites (N-methyl/N-ethyl adjacent to an activating group) is 1. The molecule has 2 heterocycles. The van der Waals surface area contributed by atoms with E-state index in [9.17, 15) is 0 Å². The van der Waals surface area contributed by atoms with Gasteiger partial charge in [0.25, 0.3) is 0 Å². The molecule has 1 fully saturated rings. The van der Waals surface area contributed by atoms with Crippen molar-refractivity contribution in [3.8, 4) is 0 Å². The fourth-order valence-corrected chi connectivity index (χ4v) is 3.08. The van der Waals surface area contributed by atoms with E-state index in [-0.39, 0.29) is 17.3 Å². The number of hydrogen-bond acceptors (Lipinski definition) is 6. The van der Waals surface area contributed by atoms with Gasteiger partial charge in [0.1, 0.15) is 23.3 Å². The van der Waals surface area contributed by atoms with E-state index in [2.05, 4.69) is 44.2 Å². The Morgan fingerprint density at radius 3 is 2.86 bits per heavy atom. The summed E-state index contributed by atoms with van der Waals surface area (Å²) < 4.78 is 11.9. The summed E-state index contributed by atoms with van der Waals surface area (Å²) in [5.41, 5.74) is -0.0743. The molecule has 124 valence electrons. The van der Waals surface area contributed by atoms with Crippen LogP contribution in [0.15, 0.2) is 29.7 Å². The van der Waals surface area contributed by atoms with Crippen LogP contribution in [-0.2, 0) is 9.47 Å². The lowest BCUT2D eigenvalue weighted by Gasteiger charge is -2.31. The van der Waals surface area contributed by atoms with Crippen LogP contribution in [-0.4, -0.2) is 58.9 Å². The van der Waals surface area contributed by atoms with E-state index in [0.717, 1.165) is 24.0 Å². The molecule has 0 unspecified atom stereocenters. The zero-order chi connectivity index (χ0) is 16.3. The van der Waals surface area contributed by atoms with E-state index in [1.54, 1.807) is 11.8 Å². The van der Waals surface area contributed by atoms with Crippen molar-refractivity contribution < 1.29 is 9.47 Å². The van der Waals surface area contributed by atoms with Crippen LogP contribution in [0.25, 0.3) is 0 Å². The molecule has 2 rings (SSSR count). The fourth-order valence-electron chi connectivity index (χ4n) is 2.09. The average molecular weight is 325 g/mol. The van der Waals surface area contributed by atoms with Crippen LogP contribution in [0.4, 0.5) is 0 Å². The van der Waals surface area contributed by atoms with E-state index in [1.807, 2.05) is 24.2 Å². The number of aliphatic imine (C=N–C) groups is 1. The smallest absolute Gasteiger partial charge is 0.145 e. The molecule has 0 bridgehead atoms. The summed E-state index contributed by atoms with van der Waals surface area (Å²) >= 11 is 1.78. The number of thioether (sulfide) groups is 1. The quantitative estimate of drug-likeness (QED) is 0.794. The van der Waals surface area contributed by atoms with Gasteiger partial charge in [0.2, 0.25) is 0 Å². The number of hydrogen-bond donors (Lipinski definition) is 0. The second kappa shape index (κ2) is 7.06. The molecule has 2 atom stereocenters. The maximum atomic E-state index is 6.06. The van der Waals surface area contributed by atoms with E-state index >= 15 is 0 Å². The molecule has 1 saturated heterocycles. The number of ether oxygens (including phenoxy) is 2. The van der Waals surface area contributed by atoms with Gasteiger partial charge in [0.15, 0.2) is 0 Å². The number of amidine groups is 1. The highest BCUT2D eigenvalue weighted by Crippen LogP contribution is 2.31. The maximum Gasteiger partial charge on any atom is 0.145 e. The Morgan fingerprint density at radius 1 is 1.55 bits per heavy atom. The van der Waals surface area contributed by atoms with Gasteiger partial charge in [-0.1, -0.05) is 6.58 Å². The summed E-state index contributed by atoms with van der Waals surface area (Å²) in [7, 11) is 2.02. The number of nitrogens with zero attached hydrogens (tertiary/aromatic N) is 3. The molecule has 0 spiro atoms. The summed E-state index contributed by atoms with van der Waals surface area (Å²) in [6.45, 7) is 13.8. The standard InChI is InChI=1S/C16H27N3O2S/c1-7-18(6)13-8-9-19(12(2)17-13)14-11-22-15(21-14)10-20-16(3,4)5/h8-9,14-15H,2,7,10-11H2,1,3-6H3/t14-,15+/m1/s1. The molecule has 0 aromatic rings. The van der Waals surface area contributed by atoms with Gasteiger partial charge in [-0.05, 0) is 33.8 Å². The van der Waals surface area contributed by atoms with Crippen molar-refractivity contribution in [3.05, 3.63) is 24.7 Å². The first-order chi connectivity index (χ1) is 10.3. The van der Waals surface area contributed by atoms with Crippen LogP contribution in [0.1, 0.15) is 27.7 Å². The maximum absolute atomic E-state index is 6.06. The second-order valence-corrected chi connectivity index (χ2v) is 7.59. The minimum atomic E-state index is -0.138. The van der Waals surface area contributed by atoms with Crippen LogP contribution in [0.5, 0.6) is 0 Å². The van der Waals surface area contributed by atoms with E-state index in [4.69, 9.17) is 9.47 Å². The summed E-state index contributed by atoms with van der Waals surface area (Å²) in [5, 5.41) is 0. The lowest BCUT2D eigenvalue weighted by atomic mass is 10.2. The Morgan fingerprint density at radius 2 is 2.27 bits per heavy atom. The van der Waals surface area contributed by atoms with Gasteiger partial charge in [-0.15, -0.1) is 11.8 Å². The average Bonchev–Trinajstić information content (AvgIpc) is 2.92. The van der Waals surface area contributed by atoms with Crippen molar-refractivity contribution in [2.75, 3.05) is 26.0 Å². The molecular weight excluding hydrogens is 298 g/mol. The zero-order valence-electron chi connectivity index (χ0n) is 14.2. The van der Waals surface area contributed by atoms with E-state index in [0.29, 0.717) is 6.61 Å². The van der Waals surface area contributed by atoms with Crippen LogP contribution < -0.4 is 0 Å². The van der Waals surface area contributed by atoms with Gasteiger partial charge in [0, 0.05) is 25.5 Å². The van der Waals surface area contributed by atoms with Gasteiger partial charge in [-0.3, -0.25) is 0 Å². The summed E-state index contributed by atoms with van der Waals surface area (Å²) in [5.74, 6) is 2.54. The lowest BCUT2D eigenvalue weighted by molar-refractivity contribution is -0.0749. The van der Waals surface area contributed by atoms with Gasteiger partial charge in [-0.25, -0.2) is 4.99 Å². The lowest BCUT2D eigenvalue weighted by Crippen LogP contribution is -2.36. The Balaban J connectivity index is 1.89. The molecule has 0 N–H and O–H groups in total. The normalized spacial score (nSPS) is 25.6. The Labute approximate surface area is 138 Å². The Bertz CT molecular complexity index is 471. The Hall–Kier alpha value is -0.980. The molecule has 0 aliphatic carbocycles. The molecule has 0 saturated carbocycles. The molecule has 2 aliphatic rings. The number of rotatable bonds is 4. The van der Waals surface area contributed by atoms with Crippen LogP contribution in [0.2, 0.25) is 0 Å². The molecular formula is C16H27N3O2S. The van der Waals surface area contributed by atoms with Crippen molar-refractivity contribution in [1.82, 2.24) is 9.80 Å². The monoisotopic (exact) mass is 325 g/mol. The minimum Gasteiger partial charge on any atom is -0.372 e. The highest BCUT2D eigenvalue weighted by Gasteiger charge is 2.32. The van der Waals surface area contributed by atoms with E-state index < -0.39 is 0 Å². The molecule has 5 nitrogen and oxygen atoms in total. The molecule has 22 heavy (non-hydrogen) atoms. The van der Waals surface area contributed by atoms with Crippen molar-refractivity contribution >= 4 is 17.6 Å². The largest absolute Gasteiger partial charge is 0.372 e. The predicted molar refractivity (Wildman–Crippen MR) is 92.7 cm³/mol. The first-order valence-electron chi connectivity index (χ1n) is 7.66. The zero-order valence-corrected chi connectivity index (χ0v) is 15.0. The van der Waals surface area contributed by atoms with Gasteiger partial charge in [0.05, 0.1) is 12.2 Å². The predicted octanol–water partition coefficient (Wildman–Crippen LogP) is 2.87. The summed E-state index contributed by atoms with van der Waals surface area (Å²) in [6, 6.07) is 0. The molecule has 2 aliphatic heterocycles. The molecule has 0 aromatic heterocycles. The SMILES string of the molecule is C=C1N=C(N(C)CC)C=CN1[C@H]1CS[C@@H](COC(C)(C)C)O1. The second-order valence-electron chi connectivity index (χ2n) is 6.40. The molecule has 0 aromatic carbocycles. The van der Waals surface area contributed by atoms with Gasteiger partial charge in [-0.2, -0.15) is 0 Å². The highest BCUT2D eigenvalue weighted by molar-refractivity contribution is 8.00. The first-order valence-corrected chi connectivity index (χ1v) is 8.71. The van der Waals surface area contributed by atoms with Crippen molar-refractivity contribution in [3.63, 3.8) is 0 Å². The first kappa shape index (κ1) is 17.4. The van der Waals surface area contributed by atoms with Gasteiger partial charge >= 0.3 is 0 Å². The molecule has 0 amide bonds. The van der Waals surface area contributed by atoms with Crippen LogP contribution in [0, 0.1) is 0 Å². The molecule has 6 heteroatoms.